The fourth-order valence-corrected chi connectivity index (χ4v) is 1.94. The van der Waals surface area contributed by atoms with Crippen molar-refractivity contribution >= 4 is 0 Å². The quantitative estimate of drug-likeness (QED) is 0.813. The molecule has 24 heavy (non-hydrogen) atoms. The first-order valence-electron chi connectivity index (χ1n) is 6.84. The monoisotopic (exact) mass is 351 g/mol. The van der Waals surface area contributed by atoms with Crippen molar-refractivity contribution in [2.75, 3.05) is 0 Å². The molecule has 5 nitrogen and oxygen atoms in total. The molecule has 1 aromatic carbocycles. The maximum Gasteiger partial charge on any atom is 0.416 e. The minimum Gasteiger partial charge on any atom is -0.467 e. The molecule has 0 aliphatic heterocycles. The number of nitrogens with zero attached hydrogens (tertiary/aromatic N) is 3. The van der Waals surface area contributed by atoms with Crippen molar-refractivity contribution in [2.24, 2.45) is 5.92 Å². The molecule has 0 fully saturated rings. The van der Waals surface area contributed by atoms with Gasteiger partial charge in [-0.15, -0.1) is 10.2 Å². The van der Waals surface area contributed by atoms with Crippen LogP contribution >= 0.6 is 0 Å². The molecule has 0 saturated carbocycles. The Hall–Kier alpha value is -2.23. The molecule has 1 N–H and O–H groups in total. The van der Waals surface area contributed by atoms with Crippen LogP contribution in [0.2, 0.25) is 0 Å². The predicted molar refractivity (Wildman–Crippen MR) is 72.3 cm³/mol. The summed E-state index contributed by atoms with van der Waals surface area (Å²) in [7, 11) is 0. The minimum atomic E-state index is -4.58. The number of aromatic nitrogens is 3. The molecule has 0 aliphatic carbocycles. The lowest BCUT2D eigenvalue weighted by Crippen LogP contribution is -2.36. The van der Waals surface area contributed by atoms with Crippen LogP contribution in [0.15, 0.2) is 36.9 Å². The topological polar surface area (TPSA) is 60.2 Å². The summed E-state index contributed by atoms with van der Waals surface area (Å²) in [5, 5.41) is 17.1. The van der Waals surface area contributed by atoms with E-state index < -0.39 is 36.4 Å². The Morgan fingerprint density at radius 2 is 1.79 bits per heavy atom. The van der Waals surface area contributed by atoms with Gasteiger partial charge in [0.05, 0.1) is 5.56 Å². The Balaban J connectivity index is 2.30. The average molecular weight is 351 g/mol. The number of ether oxygens (including phenoxy) is 1. The summed E-state index contributed by atoms with van der Waals surface area (Å²) in [5.74, 6) is -1.72. The lowest BCUT2D eigenvalue weighted by molar-refractivity contribution is -0.137. The Morgan fingerprint density at radius 1 is 1.17 bits per heavy atom. The van der Waals surface area contributed by atoms with Gasteiger partial charge in [0.1, 0.15) is 24.5 Å². The van der Waals surface area contributed by atoms with Gasteiger partial charge in [-0.3, -0.25) is 4.57 Å². The number of hydrogen-bond donors (Lipinski definition) is 1. The van der Waals surface area contributed by atoms with Crippen molar-refractivity contribution in [3.05, 3.63) is 42.5 Å². The molecule has 132 valence electrons. The second kappa shape index (κ2) is 7.12. The summed E-state index contributed by atoms with van der Waals surface area (Å²) in [6, 6.07) is 3.91. The van der Waals surface area contributed by atoms with Crippen LogP contribution in [0.4, 0.5) is 22.0 Å². The number of hydrogen-bond acceptors (Lipinski definition) is 4. The van der Waals surface area contributed by atoms with E-state index in [9.17, 15) is 27.1 Å². The summed E-state index contributed by atoms with van der Waals surface area (Å²) in [6.45, 7) is 1.10. The van der Waals surface area contributed by atoms with Gasteiger partial charge in [0.2, 0.25) is 12.7 Å². The van der Waals surface area contributed by atoms with Crippen molar-refractivity contribution in [3.8, 4) is 5.75 Å². The summed E-state index contributed by atoms with van der Waals surface area (Å²) in [5.41, 5.74) is -0.959. The third-order valence-electron chi connectivity index (χ3n) is 3.38. The molecule has 0 saturated heterocycles. The molecule has 0 amide bonds. The van der Waals surface area contributed by atoms with Crippen LogP contribution in [-0.2, 0) is 6.18 Å². The van der Waals surface area contributed by atoms with Crippen LogP contribution in [0.5, 0.6) is 5.75 Å². The lowest BCUT2D eigenvalue weighted by Gasteiger charge is -2.28. The molecule has 0 bridgehead atoms. The maximum absolute atomic E-state index is 12.8. The highest BCUT2D eigenvalue weighted by Gasteiger charge is 2.34. The first-order valence-corrected chi connectivity index (χ1v) is 6.84. The second-order valence-corrected chi connectivity index (χ2v) is 5.13. The van der Waals surface area contributed by atoms with Crippen molar-refractivity contribution in [1.82, 2.24) is 14.8 Å². The lowest BCUT2D eigenvalue weighted by atomic mass is 10.0. The van der Waals surface area contributed by atoms with Gasteiger partial charge in [-0.2, -0.15) is 13.2 Å². The minimum absolute atomic E-state index is 0.232. The number of alkyl halides is 5. The smallest absolute Gasteiger partial charge is 0.416 e. The fraction of sp³-hybridized carbons (Fsp3) is 0.429. The van der Waals surface area contributed by atoms with Gasteiger partial charge < -0.3 is 9.84 Å². The number of benzene rings is 1. The van der Waals surface area contributed by atoms with E-state index >= 15 is 0 Å². The summed E-state index contributed by atoms with van der Waals surface area (Å²) in [4.78, 5) is 0. The highest BCUT2D eigenvalue weighted by molar-refractivity contribution is 5.30. The number of halogens is 5. The number of aliphatic hydroxyl groups is 1. The molecular formula is C14H14F5N3O2. The second-order valence-electron chi connectivity index (χ2n) is 5.13. The van der Waals surface area contributed by atoms with Crippen molar-refractivity contribution in [3.63, 3.8) is 0 Å². The zero-order chi connectivity index (χ0) is 17.9. The maximum atomic E-state index is 12.8. The van der Waals surface area contributed by atoms with Gasteiger partial charge in [-0.25, -0.2) is 8.78 Å². The van der Waals surface area contributed by atoms with E-state index in [2.05, 4.69) is 10.2 Å². The molecule has 3 atom stereocenters. The Labute approximate surface area is 133 Å². The Bertz CT molecular complexity index is 648. The molecule has 2 aromatic rings. The van der Waals surface area contributed by atoms with Crippen molar-refractivity contribution in [1.29, 1.82) is 0 Å². The third-order valence-corrected chi connectivity index (χ3v) is 3.38. The van der Waals surface area contributed by atoms with Gasteiger partial charge in [-0.05, 0) is 18.2 Å². The molecular weight excluding hydrogens is 337 g/mol. The van der Waals surface area contributed by atoms with Crippen LogP contribution in [0.25, 0.3) is 0 Å². The SMILES string of the molecule is CC(C(F)F)C(O)C(Oc1cccc(C(F)(F)F)c1)n1cnnc1. The first kappa shape index (κ1) is 18.1. The van der Waals surface area contributed by atoms with E-state index in [0.717, 1.165) is 42.3 Å². The van der Waals surface area contributed by atoms with Crippen LogP contribution in [-0.4, -0.2) is 32.4 Å². The molecule has 0 radical (unpaired) electrons. The third kappa shape index (κ3) is 4.19. The van der Waals surface area contributed by atoms with Gasteiger partial charge in [0.25, 0.3) is 0 Å². The van der Waals surface area contributed by atoms with Crippen molar-refractivity contribution in [2.45, 2.75) is 31.9 Å². The average Bonchev–Trinajstić information content (AvgIpc) is 3.04. The zero-order valence-electron chi connectivity index (χ0n) is 12.4. The van der Waals surface area contributed by atoms with Gasteiger partial charge in [-0.1, -0.05) is 13.0 Å². The molecule has 10 heteroatoms. The fourth-order valence-electron chi connectivity index (χ4n) is 1.94. The normalized spacial score (nSPS) is 16.0. The van der Waals surface area contributed by atoms with E-state index in [1.165, 1.54) is 6.07 Å². The summed E-state index contributed by atoms with van der Waals surface area (Å²) < 4.78 is 70.3. The molecule has 1 heterocycles. The van der Waals surface area contributed by atoms with E-state index in [-0.39, 0.29) is 5.75 Å². The van der Waals surface area contributed by atoms with E-state index in [0.29, 0.717) is 0 Å². The Morgan fingerprint density at radius 3 is 2.33 bits per heavy atom. The van der Waals surface area contributed by atoms with Crippen LogP contribution in [0, 0.1) is 5.92 Å². The summed E-state index contributed by atoms with van der Waals surface area (Å²) >= 11 is 0. The van der Waals surface area contributed by atoms with Gasteiger partial charge in [0.15, 0.2) is 0 Å². The van der Waals surface area contributed by atoms with E-state index in [1.807, 2.05) is 0 Å². The largest absolute Gasteiger partial charge is 0.467 e. The molecule has 0 spiro atoms. The van der Waals surface area contributed by atoms with Gasteiger partial charge >= 0.3 is 6.18 Å². The number of aliphatic hydroxyl groups excluding tert-OH is 1. The molecule has 3 unspecified atom stereocenters. The Kier molecular flexibility index (Phi) is 5.37. The van der Waals surface area contributed by atoms with Crippen LogP contribution < -0.4 is 4.74 Å². The van der Waals surface area contributed by atoms with Crippen LogP contribution in [0.3, 0.4) is 0 Å². The summed E-state index contributed by atoms with van der Waals surface area (Å²) in [6.07, 6.45) is -8.31. The van der Waals surface area contributed by atoms with Gasteiger partial charge in [0, 0.05) is 5.92 Å². The first-order chi connectivity index (χ1) is 11.2. The zero-order valence-corrected chi connectivity index (χ0v) is 12.4. The number of rotatable bonds is 6. The predicted octanol–water partition coefficient (Wildman–Crippen LogP) is 3.14. The van der Waals surface area contributed by atoms with E-state index in [4.69, 9.17) is 4.74 Å². The van der Waals surface area contributed by atoms with Crippen LogP contribution in [0.1, 0.15) is 18.7 Å². The van der Waals surface area contributed by atoms with E-state index in [1.54, 1.807) is 0 Å². The highest BCUT2D eigenvalue weighted by Crippen LogP contribution is 2.33. The molecule has 2 rings (SSSR count). The standard InChI is InChI=1S/C14H14F5N3O2/c1-8(12(15)16)11(23)13(22-6-20-21-7-22)24-10-4-2-3-9(5-10)14(17,18)19/h2-8,11-13,23H,1H3. The molecule has 0 aliphatic rings. The molecule has 1 aromatic heterocycles. The van der Waals surface area contributed by atoms with Crippen molar-refractivity contribution < 1.29 is 31.8 Å². The highest BCUT2D eigenvalue weighted by atomic mass is 19.4.